The first-order valence-electron chi connectivity index (χ1n) is 13.4. The standard InChI is InChI=1S/C29H48O3/c1-19(2)7-12-27(30)20(3)24-10-11-25-23-9-8-21-17-22(32-18-31-6)13-15-28(21,4)26(23)14-16-29(24,25)5/h8-9,19-20,22,24-27,30H,7,10-18H2,1-6H3/t20-,22-,24+,25-,26-,27+,28-,29+/m0/s1. The summed E-state index contributed by atoms with van der Waals surface area (Å²) in [5.41, 5.74) is 4.00. The molecule has 0 bridgehead atoms. The van der Waals surface area contributed by atoms with E-state index in [0.29, 0.717) is 53.3 Å². The molecule has 0 amide bonds. The van der Waals surface area contributed by atoms with Gasteiger partial charge in [-0.25, -0.2) is 0 Å². The average molecular weight is 445 g/mol. The number of hydrogen-bond acceptors (Lipinski definition) is 3. The lowest BCUT2D eigenvalue weighted by molar-refractivity contribution is -0.0867. The Labute approximate surface area is 197 Å². The lowest BCUT2D eigenvalue weighted by Crippen LogP contribution is -2.47. The second-order valence-corrected chi connectivity index (χ2v) is 12.4. The Morgan fingerprint density at radius 2 is 1.78 bits per heavy atom. The van der Waals surface area contributed by atoms with Crippen LogP contribution >= 0.6 is 0 Å². The van der Waals surface area contributed by atoms with Crippen molar-refractivity contribution in [2.24, 2.45) is 40.4 Å². The van der Waals surface area contributed by atoms with E-state index in [1.54, 1.807) is 18.3 Å². The molecule has 4 aliphatic rings. The Morgan fingerprint density at radius 3 is 2.50 bits per heavy atom. The van der Waals surface area contributed by atoms with E-state index in [4.69, 9.17) is 9.47 Å². The van der Waals surface area contributed by atoms with Gasteiger partial charge in [0.2, 0.25) is 0 Å². The maximum absolute atomic E-state index is 11.0. The fraction of sp³-hybridized carbons (Fsp3) is 0.862. The van der Waals surface area contributed by atoms with Gasteiger partial charge in [-0.2, -0.15) is 0 Å². The van der Waals surface area contributed by atoms with Crippen LogP contribution in [0.1, 0.15) is 92.4 Å². The van der Waals surface area contributed by atoms with Gasteiger partial charge in [-0.3, -0.25) is 0 Å². The van der Waals surface area contributed by atoms with Gasteiger partial charge in [-0.15, -0.1) is 0 Å². The highest BCUT2D eigenvalue weighted by atomic mass is 16.7. The third-order valence-corrected chi connectivity index (χ3v) is 10.3. The summed E-state index contributed by atoms with van der Waals surface area (Å²) in [7, 11) is 1.71. The van der Waals surface area contributed by atoms with Crippen molar-refractivity contribution in [2.45, 2.75) is 105 Å². The van der Waals surface area contributed by atoms with E-state index in [0.717, 1.165) is 25.7 Å². The van der Waals surface area contributed by atoms with Crippen LogP contribution in [0.25, 0.3) is 0 Å². The molecule has 0 heterocycles. The maximum Gasteiger partial charge on any atom is 0.146 e. The molecule has 0 radical (unpaired) electrons. The second-order valence-electron chi connectivity index (χ2n) is 12.4. The van der Waals surface area contributed by atoms with Crippen LogP contribution < -0.4 is 0 Å². The number of ether oxygens (including phenoxy) is 2. The molecule has 3 fully saturated rings. The minimum absolute atomic E-state index is 0.151. The molecule has 4 rings (SSSR count). The van der Waals surface area contributed by atoms with Gasteiger partial charge in [0.1, 0.15) is 6.79 Å². The summed E-state index contributed by atoms with van der Waals surface area (Å²) in [6.45, 7) is 12.4. The van der Waals surface area contributed by atoms with Crippen molar-refractivity contribution < 1.29 is 14.6 Å². The summed E-state index contributed by atoms with van der Waals surface area (Å²) >= 11 is 0. The van der Waals surface area contributed by atoms with Crippen LogP contribution in [0, 0.1) is 40.4 Å². The summed E-state index contributed by atoms with van der Waals surface area (Å²) in [6, 6.07) is 0. The highest BCUT2D eigenvalue weighted by Gasteiger charge is 2.57. The number of allylic oxidation sites excluding steroid dienone is 3. The molecular formula is C29H48O3. The van der Waals surface area contributed by atoms with Crippen molar-refractivity contribution >= 4 is 0 Å². The molecule has 0 aromatic heterocycles. The summed E-state index contributed by atoms with van der Waals surface area (Å²) in [5, 5.41) is 11.0. The normalized spacial score (nSPS) is 40.8. The quantitative estimate of drug-likeness (QED) is 0.413. The molecule has 1 N–H and O–H groups in total. The third kappa shape index (κ3) is 4.27. The summed E-state index contributed by atoms with van der Waals surface area (Å²) in [5.74, 6) is 3.11. The van der Waals surface area contributed by atoms with Gasteiger partial charge in [-0.1, -0.05) is 57.9 Å². The minimum atomic E-state index is -0.151. The molecule has 0 spiro atoms. The van der Waals surface area contributed by atoms with Gasteiger partial charge in [0, 0.05) is 7.11 Å². The fourth-order valence-corrected chi connectivity index (χ4v) is 8.21. The van der Waals surface area contributed by atoms with Crippen LogP contribution in [-0.2, 0) is 9.47 Å². The van der Waals surface area contributed by atoms with E-state index in [-0.39, 0.29) is 6.10 Å². The van der Waals surface area contributed by atoms with Crippen molar-refractivity contribution in [3.63, 3.8) is 0 Å². The number of aliphatic hydroxyl groups is 1. The van der Waals surface area contributed by atoms with Gasteiger partial charge in [0.05, 0.1) is 12.2 Å². The molecular weight excluding hydrogens is 396 g/mol. The molecule has 0 aromatic rings. The number of aliphatic hydroxyl groups excluding tert-OH is 1. The zero-order chi connectivity index (χ0) is 23.1. The monoisotopic (exact) mass is 444 g/mol. The van der Waals surface area contributed by atoms with Gasteiger partial charge in [0.25, 0.3) is 0 Å². The molecule has 0 unspecified atom stereocenters. The topological polar surface area (TPSA) is 38.7 Å². The third-order valence-electron chi connectivity index (χ3n) is 10.3. The van der Waals surface area contributed by atoms with E-state index < -0.39 is 0 Å². The Bertz CT molecular complexity index is 724. The highest BCUT2D eigenvalue weighted by Crippen LogP contribution is 2.66. The van der Waals surface area contributed by atoms with Gasteiger partial charge >= 0.3 is 0 Å². The fourth-order valence-electron chi connectivity index (χ4n) is 8.21. The average Bonchev–Trinajstić information content (AvgIpc) is 3.12. The van der Waals surface area contributed by atoms with Crippen molar-refractivity contribution in [3.8, 4) is 0 Å². The highest BCUT2D eigenvalue weighted by molar-refractivity contribution is 5.39. The first-order chi connectivity index (χ1) is 15.2. The zero-order valence-electron chi connectivity index (χ0n) is 21.5. The number of hydrogen-bond donors (Lipinski definition) is 1. The van der Waals surface area contributed by atoms with Crippen LogP contribution in [0.2, 0.25) is 0 Å². The molecule has 182 valence electrons. The van der Waals surface area contributed by atoms with Crippen LogP contribution in [0.4, 0.5) is 0 Å². The molecule has 4 aliphatic carbocycles. The first kappa shape index (κ1) is 24.5. The second kappa shape index (κ2) is 9.55. The summed E-state index contributed by atoms with van der Waals surface area (Å²) in [6.07, 6.45) is 15.9. The van der Waals surface area contributed by atoms with Gasteiger partial charge in [-0.05, 0) is 98.2 Å². The molecule has 32 heavy (non-hydrogen) atoms. The van der Waals surface area contributed by atoms with Crippen molar-refractivity contribution in [1.29, 1.82) is 0 Å². The van der Waals surface area contributed by atoms with Crippen LogP contribution in [0.3, 0.4) is 0 Å². The smallest absolute Gasteiger partial charge is 0.146 e. The Balaban J connectivity index is 1.51. The van der Waals surface area contributed by atoms with E-state index in [2.05, 4.69) is 46.8 Å². The molecule has 0 saturated heterocycles. The van der Waals surface area contributed by atoms with Gasteiger partial charge < -0.3 is 14.6 Å². The van der Waals surface area contributed by atoms with Gasteiger partial charge in [0.15, 0.2) is 0 Å². The van der Waals surface area contributed by atoms with Crippen LogP contribution in [0.5, 0.6) is 0 Å². The van der Waals surface area contributed by atoms with Crippen LogP contribution in [-0.4, -0.2) is 31.2 Å². The summed E-state index contributed by atoms with van der Waals surface area (Å²) in [4.78, 5) is 0. The van der Waals surface area contributed by atoms with Crippen molar-refractivity contribution in [2.75, 3.05) is 13.9 Å². The number of fused-ring (bicyclic) bond motifs is 5. The molecule has 3 heteroatoms. The Morgan fingerprint density at radius 1 is 1.00 bits per heavy atom. The molecule has 3 nitrogen and oxygen atoms in total. The molecule has 0 aromatic carbocycles. The zero-order valence-corrected chi connectivity index (χ0v) is 21.5. The predicted octanol–water partition coefficient (Wildman–Crippen LogP) is 6.91. The van der Waals surface area contributed by atoms with E-state index >= 15 is 0 Å². The predicted molar refractivity (Wildman–Crippen MR) is 131 cm³/mol. The number of methoxy groups -OCH3 is 1. The first-order valence-corrected chi connectivity index (χ1v) is 13.4. The van der Waals surface area contributed by atoms with Crippen molar-refractivity contribution in [1.82, 2.24) is 0 Å². The lowest BCUT2D eigenvalue weighted by Gasteiger charge is -2.55. The van der Waals surface area contributed by atoms with Crippen molar-refractivity contribution in [3.05, 3.63) is 23.3 Å². The van der Waals surface area contributed by atoms with E-state index in [1.807, 2.05) is 0 Å². The molecule has 0 aliphatic heterocycles. The molecule has 8 atom stereocenters. The van der Waals surface area contributed by atoms with E-state index in [9.17, 15) is 5.11 Å². The lowest BCUT2D eigenvalue weighted by atomic mass is 9.50. The largest absolute Gasteiger partial charge is 0.393 e. The Hall–Kier alpha value is -0.640. The van der Waals surface area contributed by atoms with Crippen LogP contribution in [0.15, 0.2) is 23.3 Å². The number of rotatable bonds is 8. The minimum Gasteiger partial charge on any atom is -0.393 e. The maximum atomic E-state index is 11.0. The Kier molecular flexibility index (Phi) is 7.30. The SMILES string of the molecule is COCO[C@H]1CC[C@@]2(C)C(=CC=C3[C@@H]4CC[C@H]([C@H](C)[C@H](O)CCC(C)C)[C@@]4(C)CC[C@@H]32)C1. The molecule has 3 saturated carbocycles. The van der Waals surface area contributed by atoms with E-state index in [1.165, 1.54) is 32.1 Å². The summed E-state index contributed by atoms with van der Waals surface area (Å²) < 4.78 is 11.1.